The number of nitrogens with zero attached hydrogens (tertiary/aromatic N) is 2. The summed E-state index contributed by atoms with van der Waals surface area (Å²) in [6.45, 7) is 0. The van der Waals surface area contributed by atoms with Gasteiger partial charge in [-0.2, -0.15) is 0 Å². The highest BCUT2D eigenvalue weighted by Crippen LogP contribution is 2.49. The highest BCUT2D eigenvalue weighted by Gasteiger charge is 2.60. The summed E-state index contributed by atoms with van der Waals surface area (Å²) in [5.74, 6) is -0.451. The fraction of sp³-hybridized carbons (Fsp3) is 0.222. The summed E-state index contributed by atoms with van der Waals surface area (Å²) in [4.78, 5) is 43.6. The summed E-state index contributed by atoms with van der Waals surface area (Å²) in [6.07, 6.45) is 1.85. The Morgan fingerprint density at radius 1 is 1.04 bits per heavy atom. The maximum Gasteiger partial charge on any atom is 0.328 e. The summed E-state index contributed by atoms with van der Waals surface area (Å²) in [5.41, 5.74) is 0.151. The van der Waals surface area contributed by atoms with Crippen LogP contribution in [0.5, 0.6) is 0 Å². The van der Waals surface area contributed by atoms with E-state index in [1.165, 1.54) is 0 Å². The van der Waals surface area contributed by atoms with Gasteiger partial charge < -0.3 is 4.90 Å². The fourth-order valence-electron chi connectivity index (χ4n) is 3.85. The second-order valence-electron chi connectivity index (χ2n) is 6.30. The lowest BCUT2D eigenvalue weighted by atomic mass is 9.67. The van der Waals surface area contributed by atoms with Crippen molar-refractivity contribution in [2.45, 2.75) is 12.5 Å². The molecule has 2 aliphatic heterocycles. The first kappa shape index (κ1) is 15.3. The third-order valence-corrected chi connectivity index (χ3v) is 4.90. The highest BCUT2D eigenvalue weighted by atomic mass is 16.2. The lowest BCUT2D eigenvalue weighted by Crippen LogP contribution is -2.68. The Balaban J connectivity index is 1.95. The zero-order valence-electron chi connectivity index (χ0n) is 13.5. The molecule has 0 aliphatic carbocycles. The van der Waals surface area contributed by atoms with Crippen molar-refractivity contribution in [1.82, 2.24) is 15.6 Å². The van der Waals surface area contributed by atoms with Gasteiger partial charge in [0.1, 0.15) is 5.82 Å². The quantitative estimate of drug-likeness (QED) is 0.763. The van der Waals surface area contributed by atoms with Crippen LogP contribution in [0.2, 0.25) is 0 Å². The number of carbonyl (C=O) groups excluding carboxylic acids is 3. The zero-order chi connectivity index (χ0) is 17.6. The molecule has 2 aromatic rings. The molecule has 0 bridgehead atoms. The zero-order valence-corrected chi connectivity index (χ0v) is 13.5. The summed E-state index contributed by atoms with van der Waals surface area (Å²) in [6, 6.07) is 11.6. The second-order valence-corrected chi connectivity index (χ2v) is 6.30. The molecule has 0 radical (unpaired) electrons. The molecule has 1 saturated heterocycles. The molecule has 1 aromatic carbocycles. The number of benzene rings is 1. The Hall–Kier alpha value is -3.22. The van der Waals surface area contributed by atoms with E-state index in [4.69, 9.17) is 0 Å². The number of anilines is 1. The summed E-state index contributed by atoms with van der Waals surface area (Å²) in [5, 5.41) is 4.53. The molecule has 2 N–H and O–H groups in total. The molecule has 1 aromatic heterocycles. The van der Waals surface area contributed by atoms with Crippen LogP contribution >= 0.6 is 0 Å². The maximum atomic E-state index is 12.9. The summed E-state index contributed by atoms with van der Waals surface area (Å²) >= 11 is 0. The van der Waals surface area contributed by atoms with E-state index in [0.717, 1.165) is 16.9 Å². The van der Waals surface area contributed by atoms with Crippen LogP contribution in [-0.2, 0) is 16.0 Å². The average molecular weight is 336 g/mol. The van der Waals surface area contributed by atoms with Crippen molar-refractivity contribution in [3.8, 4) is 0 Å². The number of aromatic nitrogens is 1. The van der Waals surface area contributed by atoms with Gasteiger partial charge in [-0.3, -0.25) is 20.2 Å². The van der Waals surface area contributed by atoms with E-state index in [0.29, 0.717) is 0 Å². The molecule has 7 nitrogen and oxygen atoms in total. The van der Waals surface area contributed by atoms with Gasteiger partial charge in [-0.05, 0) is 17.2 Å². The van der Waals surface area contributed by atoms with Crippen molar-refractivity contribution in [2.24, 2.45) is 5.41 Å². The van der Waals surface area contributed by atoms with Crippen LogP contribution in [0.4, 0.5) is 10.6 Å². The number of hydrogen-bond donors (Lipinski definition) is 2. The normalized spacial score (nSPS) is 21.6. The third-order valence-electron chi connectivity index (χ3n) is 4.90. The molecule has 25 heavy (non-hydrogen) atoms. The van der Waals surface area contributed by atoms with Crippen molar-refractivity contribution in [3.05, 3.63) is 59.8 Å². The molecule has 0 saturated carbocycles. The number of nitrogens with one attached hydrogen (secondary N) is 2. The van der Waals surface area contributed by atoms with Crippen LogP contribution in [0.25, 0.3) is 0 Å². The number of barbiturate groups is 1. The van der Waals surface area contributed by atoms with Crippen LogP contribution in [0.15, 0.2) is 48.7 Å². The molecule has 2 aliphatic rings. The van der Waals surface area contributed by atoms with E-state index in [-0.39, 0.29) is 6.42 Å². The number of urea groups is 1. The van der Waals surface area contributed by atoms with Crippen LogP contribution in [0.3, 0.4) is 0 Å². The number of imide groups is 2. The molecular formula is C18H16N4O3. The minimum atomic E-state index is -1.44. The largest absolute Gasteiger partial charge is 0.351 e. The van der Waals surface area contributed by atoms with Gasteiger partial charge >= 0.3 is 6.03 Å². The minimum Gasteiger partial charge on any atom is -0.351 e. The van der Waals surface area contributed by atoms with Gasteiger partial charge in [0.05, 0.1) is 6.04 Å². The first-order chi connectivity index (χ1) is 12.0. The van der Waals surface area contributed by atoms with Gasteiger partial charge in [-0.15, -0.1) is 0 Å². The third kappa shape index (κ3) is 2.12. The molecule has 1 spiro atoms. The van der Waals surface area contributed by atoms with Crippen LogP contribution < -0.4 is 15.5 Å². The van der Waals surface area contributed by atoms with Crippen LogP contribution in [0.1, 0.15) is 17.2 Å². The molecule has 1 fully saturated rings. The Morgan fingerprint density at radius 3 is 2.40 bits per heavy atom. The molecule has 4 rings (SSSR count). The van der Waals surface area contributed by atoms with Gasteiger partial charge in [-0.1, -0.05) is 36.4 Å². The van der Waals surface area contributed by atoms with Gasteiger partial charge in [-0.25, -0.2) is 9.78 Å². The molecule has 7 heteroatoms. The fourth-order valence-corrected chi connectivity index (χ4v) is 3.85. The Morgan fingerprint density at radius 2 is 1.72 bits per heavy atom. The summed E-state index contributed by atoms with van der Waals surface area (Å²) in [7, 11) is 1.81. The molecular weight excluding hydrogens is 320 g/mol. The predicted octanol–water partition coefficient (Wildman–Crippen LogP) is 1.17. The number of amides is 4. The predicted molar refractivity (Wildman–Crippen MR) is 89.6 cm³/mol. The summed E-state index contributed by atoms with van der Waals surface area (Å²) < 4.78 is 0. The van der Waals surface area contributed by atoms with Crippen molar-refractivity contribution >= 4 is 23.7 Å². The van der Waals surface area contributed by atoms with Crippen LogP contribution in [0, 0.1) is 5.41 Å². The smallest absolute Gasteiger partial charge is 0.328 e. The number of hydrogen-bond acceptors (Lipinski definition) is 5. The Bertz CT molecular complexity index is 861. The van der Waals surface area contributed by atoms with Gasteiger partial charge in [0.15, 0.2) is 5.41 Å². The lowest BCUT2D eigenvalue weighted by Gasteiger charge is -2.48. The number of rotatable bonds is 1. The molecule has 4 amide bonds. The molecule has 1 atom stereocenters. The van der Waals surface area contributed by atoms with Crippen molar-refractivity contribution in [2.75, 3.05) is 11.9 Å². The van der Waals surface area contributed by atoms with E-state index in [9.17, 15) is 14.4 Å². The first-order valence-electron chi connectivity index (χ1n) is 7.92. The van der Waals surface area contributed by atoms with Gasteiger partial charge in [0.25, 0.3) is 0 Å². The highest BCUT2D eigenvalue weighted by molar-refractivity contribution is 6.20. The lowest BCUT2D eigenvalue weighted by molar-refractivity contribution is -0.146. The number of pyridine rings is 1. The van der Waals surface area contributed by atoms with Gasteiger partial charge in [0, 0.05) is 19.7 Å². The number of fused-ring (bicyclic) bond motifs is 1. The van der Waals surface area contributed by atoms with Crippen molar-refractivity contribution in [1.29, 1.82) is 0 Å². The number of carbonyl (C=O) groups is 3. The van der Waals surface area contributed by atoms with Gasteiger partial charge in [0.2, 0.25) is 11.8 Å². The second kappa shape index (κ2) is 5.41. The Kier molecular flexibility index (Phi) is 3.31. The topological polar surface area (TPSA) is 91.4 Å². The first-order valence-corrected chi connectivity index (χ1v) is 7.92. The monoisotopic (exact) mass is 336 g/mol. The molecule has 3 heterocycles. The van der Waals surface area contributed by atoms with Crippen molar-refractivity contribution in [3.63, 3.8) is 0 Å². The minimum absolute atomic E-state index is 0.172. The van der Waals surface area contributed by atoms with E-state index in [1.54, 1.807) is 19.3 Å². The van der Waals surface area contributed by atoms with E-state index >= 15 is 0 Å². The van der Waals surface area contributed by atoms with E-state index in [1.807, 2.05) is 41.3 Å². The van der Waals surface area contributed by atoms with E-state index < -0.39 is 29.3 Å². The van der Waals surface area contributed by atoms with Crippen LogP contribution in [-0.4, -0.2) is 29.9 Å². The Labute approximate surface area is 144 Å². The standard InChI is InChI=1S/C18H16N4O3/c1-22-13(11-6-3-2-4-7-11)18(10-12-8-5-9-19-14(12)22)15(23)20-17(25)21-16(18)24/h2-9,13H,10H2,1H3,(H2,20,21,23,24,25). The average Bonchev–Trinajstić information content (AvgIpc) is 2.60. The molecule has 1 unspecified atom stereocenters. The SMILES string of the molecule is CN1c2ncccc2CC2(C(=O)NC(=O)NC2=O)C1c1ccccc1. The van der Waals surface area contributed by atoms with Crippen molar-refractivity contribution < 1.29 is 14.4 Å². The molecule has 126 valence electrons. The van der Waals surface area contributed by atoms with E-state index in [2.05, 4.69) is 15.6 Å². The maximum absolute atomic E-state index is 12.9.